The van der Waals surface area contributed by atoms with Crippen LogP contribution in [0.2, 0.25) is 0 Å². The van der Waals surface area contributed by atoms with Crippen LogP contribution in [0.3, 0.4) is 0 Å². The van der Waals surface area contributed by atoms with E-state index in [0.29, 0.717) is 6.54 Å². The zero-order valence-electron chi connectivity index (χ0n) is 21.1. The van der Waals surface area contributed by atoms with Gasteiger partial charge in [0, 0.05) is 31.6 Å². The Morgan fingerprint density at radius 2 is 1.30 bits per heavy atom. The van der Waals surface area contributed by atoms with Gasteiger partial charge < -0.3 is 10.6 Å². The largest absolute Gasteiger partial charge is 0.369 e. The minimum Gasteiger partial charge on any atom is -0.369 e. The van der Waals surface area contributed by atoms with E-state index in [4.69, 9.17) is 5.73 Å². The quantitative estimate of drug-likeness (QED) is 0.405. The summed E-state index contributed by atoms with van der Waals surface area (Å²) in [5.41, 5.74) is 8.46. The number of hydrogen-bond acceptors (Lipinski definition) is 4. The highest BCUT2D eigenvalue weighted by Gasteiger charge is 2.58. The van der Waals surface area contributed by atoms with Gasteiger partial charge in [-0.15, -0.1) is 0 Å². The topological polar surface area (TPSA) is 69.7 Å². The van der Waals surface area contributed by atoms with Crippen LogP contribution in [0, 0.1) is 5.41 Å². The maximum Gasteiger partial charge on any atom is 0.241 e. The molecule has 190 valence electrons. The summed E-state index contributed by atoms with van der Waals surface area (Å²) in [4.78, 5) is 32.0. The van der Waals surface area contributed by atoms with Crippen molar-refractivity contribution < 1.29 is 9.59 Å². The van der Waals surface area contributed by atoms with Gasteiger partial charge >= 0.3 is 0 Å². The third kappa shape index (κ3) is 4.24. The average molecular weight is 495 g/mol. The van der Waals surface area contributed by atoms with E-state index in [0.717, 1.165) is 45.6 Å². The van der Waals surface area contributed by atoms with Gasteiger partial charge in [-0.1, -0.05) is 91.0 Å². The number of amides is 2. The molecule has 6 rings (SSSR count). The molecule has 6 nitrogen and oxygen atoms in total. The van der Waals surface area contributed by atoms with Crippen molar-refractivity contribution in [2.75, 3.05) is 39.3 Å². The van der Waals surface area contributed by atoms with Crippen molar-refractivity contribution in [1.82, 2.24) is 14.7 Å². The monoisotopic (exact) mass is 494 g/mol. The Labute approximate surface area is 218 Å². The fourth-order valence-corrected chi connectivity index (χ4v) is 6.81. The van der Waals surface area contributed by atoms with Crippen LogP contribution in [0.25, 0.3) is 0 Å². The fourth-order valence-electron chi connectivity index (χ4n) is 6.81. The van der Waals surface area contributed by atoms with Gasteiger partial charge in [0.15, 0.2) is 0 Å². The maximum absolute atomic E-state index is 14.0. The van der Waals surface area contributed by atoms with Crippen LogP contribution in [0.15, 0.2) is 91.0 Å². The molecule has 6 heteroatoms. The first kappa shape index (κ1) is 23.9. The smallest absolute Gasteiger partial charge is 0.241 e. The molecule has 2 unspecified atom stereocenters. The van der Waals surface area contributed by atoms with Crippen molar-refractivity contribution in [2.45, 2.75) is 24.4 Å². The van der Waals surface area contributed by atoms with E-state index in [9.17, 15) is 9.59 Å². The third-order valence-corrected chi connectivity index (χ3v) is 8.55. The van der Waals surface area contributed by atoms with E-state index in [-0.39, 0.29) is 23.3 Å². The molecule has 3 aromatic carbocycles. The molecule has 3 saturated heterocycles. The lowest BCUT2D eigenvalue weighted by atomic mass is 9.76. The zero-order chi connectivity index (χ0) is 25.5. The van der Waals surface area contributed by atoms with E-state index in [1.807, 2.05) is 18.2 Å². The summed E-state index contributed by atoms with van der Waals surface area (Å²) in [6.07, 6.45) is 2.00. The summed E-state index contributed by atoms with van der Waals surface area (Å²) in [6.45, 7) is 4.29. The molecule has 3 aromatic rings. The summed E-state index contributed by atoms with van der Waals surface area (Å²) >= 11 is 0. The van der Waals surface area contributed by atoms with E-state index >= 15 is 0 Å². The van der Waals surface area contributed by atoms with Gasteiger partial charge in [-0.05, 0) is 36.1 Å². The number of hydrogen-bond donors (Lipinski definition) is 1. The summed E-state index contributed by atoms with van der Waals surface area (Å²) in [5, 5.41) is 0. The first-order chi connectivity index (χ1) is 18.0. The number of carbonyl (C=O) groups excluding carboxylic acids is 2. The average Bonchev–Trinajstić information content (AvgIpc) is 3.46. The highest BCUT2D eigenvalue weighted by atomic mass is 16.2. The number of primary amides is 1. The van der Waals surface area contributed by atoms with Gasteiger partial charge in [0.2, 0.25) is 11.8 Å². The molecule has 1 spiro atoms. The van der Waals surface area contributed by atoms with Crippen LogP contribution < -0.4 is 5.73 Å². The van der Waals surface area contributed by atoms with Gasteiger partial charge in [-0.3, -0.25) is 19.4 Å². The van der Waals surface area contributed by atoms with Crippen molar-refractivity contribution in [3.8, 4) is 0 Å². The molecule has 0 saturated carbocycles. The van der Waals surface area contributed by atoms with E-state index in [2.05, 4.69) is 87.5 Å². The molecular weight excluding hydrogens is 460 g/mol. The summed E-state index contributed by atoms with van der Waals surface area (Å²) < 4.78 is 0. The van der Waals surface area contributed by atoms with Gasteiger partial charge in [-0.25, -0.2) is 0 Å². The third-order valence-electron chi connectivity index (χ3n) is 8.55. The lowest BCUT2D eigenvalue weighted by Gasteiger charge is -2.38. The predicted octanol–water partition coefficient (Wildman–Crippen LogP) is 3.07. The SMILES string of the molecule is NC(=O)CN1CC[C@]2(CCN(C(=O)C3CN3C(c3ccccc3)(c3ccccc3)c3ccccc3)C2)C1. The molecule has 3 atom stereocenters. The maximum atomic E-state index is 14.0. The first-order valence-electron chi connectivity index (χ1n) is 13.2. The first-order valence-corrected chi connectivity index (χ1v) is 13.2. The minimum atomic E-state index is -0.548. The molecule has 37 heavy (non-hydrogen) atoms. The van der Waals surface area contributed by atoms with Crippen molar-refractivity contribution in [3.05, 3.63) is 108 Å². The number of nitrogens with zero attached hydrogens (tertiary/aromatic N) is 3. The van der Waals surface area contributed by atoms with E-state index in [1.54, 1.807) is 0 Å². The molecule has 0 radical (unpaired) electrons. The number of rotatable bonds is 7. The Morgan fingerprint density at radius 1 is 0.784 bits per heavy atom. The molecule has 0 aliphatic carbocycles. The Morgan fingerprint density at radius 3 is 1.81 bits per heavy atom. The van der Waals surface area contributed by atoms with E-state index in [1.165, 1.54) is 16.7 Å². The number of nitrogens with two attached hydrogens (primary N) is 1. The van der Waals surface area contributed by atoms with Crippen molar-refractivity contribution in [3.63, 3.8) is 0 Å². The molecule has 2 amide bonds. The Bertz CT molecular complexity index is 1170. The fraction of sp³-hybridized carbons (Fsp3) is 0.355. The second kappa shape index (κ2) is 9.43. The second-order valence-electron chi connectivity index (χ2n) is 10.9. The lowest BCUT2D eigenvalue weighted by Crippen LogP contribution is -2.43. The van der Waals surface area contributed by atoms with Crippen LogP contribution in [-0.2, 0) is 15.1 Å². The van der Waals surface area contributed by atoms with Gasteiger partial charge in [0.1, 0.15) is 6.04 Å². The number of likely N-dealkylation sites (tertiary alicyclic amines) is 2. The highest BCUT2D eigenvalue weighted by Crippen LogP contribution is 2.49. The number of benzene rings is 3. The Hall–Kier alpha value is -3.48. The Kier molecular flexibility index (Phi) is 6.09. The molecule has 0 aromatic heterocycles. The molecule has 3 fully saturated rings. The molecular formula is C31H34N4O2. The van der Waals surface area contributed by atoms with Crippen molar-refractivity contribution >= 4 is 11.8 Å². The van der Waals surface area contributed by atoms with Crippen LogP contribution in [-0.4, -0.2) is 71.8 Å². The zero-order valence-corrected chi connectivity index (χ0v) is 21.1. The van der Waals surface area contributed by atoms with Crippen LogP contribution >= 0.6 is 0 Å². The molecule has 3 aliphatic heterocycles. The van der Waals surface area contributed by atoms with Gasteiger partial charge in [0.05, 0.1) is 12.1 Å². The van der Waals surface area contributed by atoms with E-state index < -0.39 is 5.54 Å². The van der Waals surface area contributed by atoms with Gasteiger partial charge in [-0.2, -0.15) is 0 Å². The van der Waals surface area contributed by atoms with Crippen molar-refractivity contribution in [2.24, 2.45) is 11.1 Å². The molecule has 0 bridgehead atoms. The normalized spacial score (nSPS) is 25.5. The molecule has 2 N–H and O–H groups in total. The second-order valence-corrected chi connectivity index (χ2v) is 10.9. The van der Waals surface area contributed by atoms with Crippen LogP contribution in [0.1, 0.15) is 29.5 Å². The Balaban J connectivity index is 1.30. The van der Waals surface area contributed by atoms with Crippen LogP contribution in [0.4, 0.5) is 0 Å². The lowest BCUT2D eigenvalue weighted by molar-refractivity contribution is -0.131. The summed E-state index contributed by atoms with van der Waals surface area (Å²) in [5.74, 6) is -0.0620. The molecule has 3 heterocycles. The highest BCUT2D eigenvalue weighted by molar-refractivity contribution is 5.86. The van der Waals surface area contributed by atoms with Crippen molar-refractivity contribution in [1.29, 1.82) is 0 Å². The molecule has 3 aliphatic rings. The predicted molar refractivity (Wildman–Crippen MR) is 144 cm³/mol. The standard InChI is InChI=1S/C31H34N4O2/c32-28(36)21-33-18-16-30(22-33)17-19-34(23-30)29(37)27-20-35(27)31(24-10-4-1-5-11-24,25-12-6-2-7-13-25)26-14-8-3-9-15-26/h1-15,27H,16-23H2,(H2,32,36)/t27?,30-,35?/m0/s1. The summed E-state index contributed by atoms with van der Waals surface area (Å²) in [7, 11) is 0. The summed E-state index contributed by atoms with van der Waals surface area (Å²) in [6, 6.07) is 31.5. The minimum absolute atomic E-state index is 0.0835. The van der Waals surface area contributed by atoms with Crippen LogP contribution in [0.5, 0.6) is 0 Å². The number of carbonyl (C=O) groups is 2. The van der Waals surface area contributed by atoms with Gasteiger partial charge in [0.25, 0.3) is 0 Å².